The fourth-order valence-corrected chi connectivity index (χ4v) is 3.95. The first kappa shape index (κ1) is 20.1. The van der Waals surface area contributed by atoms with Gasteiger partial charge in [0.05, 0.1) is 16.6 Å². The van der Waals surface area contributed by atoms with Crippen LogP contribution >= 0.6 is 0 Å². The van der Waals surface area contributed by atoms with E-state index in [1.54, 1.807) is 0 Å². The molecule has 2 heterocycles. The fourth-order valence-electron chi connectivity index (χ4n) is 3.95. The standard InChI is InChI=1S/C23H27N5O2/c1-3-27(4-2)13-11-24-22(29)17-8-5-7-16(15-17)21-26-19-10-6-9-18-20(19)28(21)14-12-25-23(18)30/h5-10,15H,3-4,11-14H2,1-2H3,(H,24,29)(H,25,30). The lowest BCUT2D eigenvalue weighted by Gasteiger charge is -2.18. The molecule has 4 rings (SSSR count). The third-order valence-electron chi connectivity index (χ3n) is 5.62. The smallest absolute Gasteiger partial charge is 0.253 e. The molecule has 0 radical (unpaired) electrons. The molecule has 1 aromatic heterocycles. The molecule has 0 fully saturated rings. The molecule has 30 heavy (non-hydrogen) atoms. The topological polar surface area (TPSA) is 79.3 Å². The van der Waals surface area contributed by atoms with Crippen LogP contribution in [0, 0.1) is 0 Å². The van der Waals surface area contributed by atoms with Gasteiger partial charge in [-0.15, -0.1) is 0 Å². The monoisotopic (exact) mass is 405 g/mol. The van der Waals surface area contributed by atoms with E-state index in [1.165, 1.54) is 0 Å². The second-order valence-electron chi connectivity index (χ2n) is 7.38. The lowest BCUT2D eigenvalue weighted by molar-refractivity contribution is 0.0943. The molecular formula is C23H27N5O2. The van der Waals surface area contributed by atoms with E-state index >= 15 is 0 Å². The Morgan fingerprint density at radius 1 is 1.20 bits per heavy atom. The molecule has 2 amide bonds. The van der Waals surface area contributed by atoms with Gasteiger partial charge in [-0.05, 0) is 37.4 Å². The third-order valence-corrected chi connectivity index (χ3v) is 5.62. The van der Waals surface area contributed by atoms with Crippen molar-refractivity contribution in [3.05, 3.63) is 53.6 Å². The number of hydrogen-bond acceptors (Lipinski definition) is 4. The molecule has 2 aromatic carbocycles. The molecule has 1 aliphatic heterocycles. The number of carbonyl (C=O) groups is 2. The Bertz CT molecular complexity index is 1080. The Hall–Kier alpha value is -3.19. The van der Waals surface area contributed by atoms with Crippen LogP contribution in [0.2, 0.25) is 0 Å². The van der Waals surface area contributed by atoms with Crippen LogP contribution in [0.15, 0.2) is 42.5 Å². The van der Waals surface area contributed by atoms with Gasteiger partial charge in [0.25, 0.3) is 11.8 Å². The summed E-state index contributed by atoms with van der Waals surface area (Å²) in [7, 11) is 0. The summed E-state index contributed by atoms with van der Waals surface area (Å²) in [6.07, 6.45) is 0. The van der Waals surface area contributed by atoms with Crippen molar-refractivity contribution in [1.82, 2.24) is 25.1 Å². The van der Waals surface area contributed by atoms with Crippen molar-refractivity contribution in [2.24, 2.45) is 0 Å². The number of para-hydroxylation sites is 1. The van der Waals surface area contributed by atoms with E-state index in [0.717, 1.165) is 42.1 Å². The summed E-state index contributed by atoms with van der Waals surface area (Å²) < 4.78 is 2.07. The largest absolute Gasteiger partial charge is 0.351 e. The number of benzene rings is 2. The number of aromatic nitrogens is 2. The van der Waals surface area contributed by atoms with Crippen molar-refractivity contribution >= 4 is 22.8 Å². The second-order valence-corrected chi connectivity index (χ2v) is 7.38. The number of carbonyl (C=O) groups excluding carboxylic acids is 2. The maximum absolute atomic E-state index is 12.7. The van der Waals surface area contributed by atoms with Crippen molar-refractivity contribution in [3.63, 3.8) is 0 Å². The molecule has 3 aromatic rings. The second kappa shape index (κ2) is 8.67. The highest BCUT2D eigenvalue weighted by Crippen LogP contribution is 2.28. The summed E-state index contributed by atoms with van der Waals surface area (Å²) in [6.45, 7) is 8.79. The van der Waals surface area contributed by atoms with Gasteiger partial charge < -0.3 is 20.1 Å². The van der Waals surface area contributed by atoms with Crippen molar-refractivity contribution in [2.45, 2.75) is 20.4 Å². The molecule has 2 N–H and O–H groups in total. The van der Waals surface area contributed by atoms with Gasteiger partial charge in [0, 0.05) is 37.3 Å². The van der Waals surface area contributed by atoms with Gasteiger partial charge >= 0.3 is 0 Å². The van der Waals surface area contributed by atoms with Crippen LogP contribution in [0.25, 0.3) is 22.4 Å². The molecule has 0 aliphatic carbocycles. The van der Waals surface area contributed by atoms with Crippen LogP contribution in [0.5, 0.6) is 0 Å². The highest BCUT2D eigenvalue weighted by molar-refractivity contribution is 6.06. The van der Waals surface area contributed by atoms with Crippen molar-refractivity contribution in [3.8, 4) is 11.4 Å². The summed E-state index contributed by atoms with van der Waals surface area (Å²) in [4.78, 5) is 32.1. The van der Waals surface area contributed by atoms with E-state index in [2.05, 4.69) is 33.9 Å². The van der Waals surface area contributed by atoms with E-state index in [9.17, 15) is 9.59 Å². The molecule has 0 spiro atoms. The predicted molar refractivity (Wildman–Crippen MR) is 118 cm³/mol. The van der Waals surface area contributed by atoms with Crippen molar-refractivity contribution in [2.75, 3.05) is 32.7 Å². The minimum Gasteiger partial charge on any atom is -0.351 e. The van der Waals surface area contributed by atoms with Crippen LogP contribution in [0.1, 0.15) is 34.6 Å². The molecule has 156 valence electrons. The number of rotatable bonds is 7. The van der Waals surface area contributed by atoms with Crippen LogP contribution in [0.4, 0.5) is 0 Å². The SMILES string of the molecule is CCN(CC)CCNC(=O)c1cccc(-c2nc3cccc4c3n2CCNC4=O)c1. The van der Waals surface area contributed by atoms with Crippen LogP contribution < -0.4 is 10.6 Å². The summed E-state index contributed by atoms with van der Waals surface area (Å²) in [6, 6.07) is 13.1. The Kier molecular flexibility index (Phi) is 5.81. The first-order valence-corrected chi connectivity index (χ1v) is 10.5. The van der Waals surface area contributed by atoms with Crippen molar-refractivity contribution in [1.29, 1.82) is 0 Å². The molecule has 0 bridgehead atoms. The first-order chi connectivity index (χ1) is 14.6. The van der Waals surface area contributed by atoms with E-state index < -0.39 is 0 Å². The molecule has 0 saturated carbocycles. The van der Waals surface area contributed by atoms with Crippen LogP contribution in [-0.2, 0) is 6.54 Å². The number of nitrogens with one attached hydrogen (secondary N) is 2. The third kappa shape index (κ3) is 3.80. The zero-order chi connectivity index (χ0) is 21.1. The Labute approximate surface area is 176 Å². The van der Waals surface area contributed by atoms with Crippen LogP contribution in [0.3, 0.4) is 0 Å². The van der Waals surface area contributed by atoms with E-state index in [-0.39, 0.29) is 11.8 Å². The number of nitrogens with zero attached hydrogens (tertiary/aromatic N) is 3. The van der Waals surface area contributed by atoms with Gasteiger partial charge in [-0.25, -0.2) is 4.98 Å². The van der Waals surface area contributed by atoms with Gasteiger partial charge in [0.1, 0.15) is 5.82 Å². The summed E-state index contributed by atoms with van der Waals surface area (Å²) >= 11 is 0. The van der Waals surface area contributed by atoms with Crippen molar-refractivity contribution < 1.29 is 9.59 Å². The molecule has 0 saturated heterocycles. The Morgan fingerprint density at radius 3 is 2.80 bits per heavy atom. The zero-order valence-corrected chi connectivity index (χ0v) is 17.4. The van der Waals surface area contributed by atoms with Gasteiger partial charge in [-0.2, -0.15) is 0 Å². The van der Waals surface area contributed by atoms with Gasteiger partial charge in [-0.1, -0.05) is 32.0 Å². The number of hydrogen-bond donors (Lipinski definition) is 2. The summed E-state index contributed by atoms with van der Waals surface area (Å²) in [5.41, 5.74) is 3.73. The molecular weight excluding hydrogens is 378 g/mol. The first-order valence-electron chi connectivity index (χ1n) is 10.5. The number of amides is 2. The Morgan fingerprint density at radius 2 is 2.00 bits per heavy atom. The number of imidazole rings is 1. The average Bonchev–Trinajstić information content (AvgIpc) is 3.06. The maximum atomic E-state index is 12.7. The van der Waals surface area contributed by atoms with Gasteiger partial charge in [0.15, 0.2) is 0 Å². The van der Waals surface area contributed by atoms with Gasteiger partial charge in [-0.3, -0.25) is 9.59 Å². The summed E-state index contributed by atoms with van der Waals surface area (Å²) in [5.74, 6) is 0.604. The maximum Gasteiger partial charge on any atom is 0.253 e. The molecule has 0 unspecified atom stereocenters. The molecule has 1 aliphatic rings. The minimum absolute atomic E-state index is 0.0767. The van der Waals surface area contributed by atoms with E-state index in [0.29, 0.717) is 30.8 Å². The van der Waals surface area contributed by atoms with E-state index in [1.807, 2.05) is 42.5 Å². The predicted octanol–water partition coefficient (Wildman–Crippen LogP) is 2.52. The lowest BCUT2D eigenvalue weighted by atomic mass is 10.1. The lowest BCUT2D eigenvalue weighted by Crippen LogP contribution is -2.34. The summed E-state index contributed by atoms with van der Waals surface area (Å²) in [5, 5.41) is 5.94. The molecule has 7 heteroatoms. The number of likely N-dealkylation sites (N-methyl/N-ethyl adjacent to an activating group) is 1. The van der Waals surface area contributed by atoms with Crippen LogP contribution in [-0.4, -0.2) is 59.0 Å². The normalized spacial score (nSPS) is 13.4. The van der Waals surface area contributed by atoms with Gasteiger partial charge in [0.2, 0.25) is 0 Å². The zero-order valence-electron chi connectivity index (χ0n) is 17.4. The quantitative estimate of drug-likeness (QED) is 0.633. The minimum atomic E-state index is -0.0893. The molecule has 0 atom stereocenters. The Balaban J connectivity index is 1.62. The molecule has 7 nitrogen and oxygen atoms in total. The average molecular weight is 406 g/mol. The fraction of sp³-hybridized carbons (Fsp3) is 0.348. The highest BCUT2D eigenvalue weighted by atomic mass is 16.2. The highest BCUT2D eigenvalue weighted by Gasteiger charge is 2.22. The van der Waals surface area contributed by atoms with E-state index in [4.69, 9.17) is 4.98 Å².